The van der Waals surface area contributed by atoms with Crippen molar-refractivity contribution in [2.75, 3.05) is 40.3 Å². The topological polar surface area (TPSA) is 48.2 Å². The molecule has 0 aliphatic heterocycles. The van der Waals surface area contributed by atoms with Gasteiger partial charge in [0.15, 0.2) is 0 Å². The largest absolute Gasteiger partial charge is 0.396 e. The average molecular weight is 229 g/mol. The van der Waals surface area contributed by atoms with Crippen LogP contribution in [0, 0.1) is 0 Å². The molecule has 0 radical (unpaired) electrons. The highest BCUT2D eigenvalue weighted by Crippen LogP contribution is 1.82. The van der Waals surface area contributed by atoms with Crippen LogP contribution >= 0.6 is 0 Å². The van der Waals surface area contributed by atoms with Gasteiger partial charge in [-0.2, -0.15) is 0 Å². The summed E-state index contributed by atoms with van der Waals surface area (Å²) >= 11 is 0. The highest BCUT2D eigenvalue weighted by molar-refractivity contribution is 5.40. The first-order valence-corrected chi connectivity index (χ1v) is 6.02. The van der Waals surface area contributed by atoms with E-state index >= 15 is 0 Å². The van der Waals surface area contributed by atoms with E-state index in [1.54, 1.807) is 0 Å². The summed E-state index contributed by atoms with van der Waals surface area (Å²) < 4.78 is 0. The lowest BCUT2D eigenvalue weighted by atomic mass is 10.4. The van der Waals surface area contributed by atoms with Crippen LogP contribution in [-0.4, -0.2) is 56.4 Å². The molecule has 4 heteroatoms. The van der Waals surface area contributed by atoms with Crippen molar-refractivity contribution in [3.8, 4) is 0 Å². The van der Waals surface area contributed by atoms with Gasteiger partial charge in [0, 0.05) is 13.2 Å². The average Bonchev–Trinajstić information content (AvgIpc) is 2.25. The van der Waals surface area contributed by atoms with Gasteiger partial charge in [0.1, 0.15) is 0 Å². The highest BCUT2D eigenvalue weighted by atomic mass is 16.2. The summed E-state index contributed by atoms with van der Waals surface area (Å²) in [5.41, 5.74) is 0. The van der Waals surface area contributed by atoms with Gasteiger partial charge in [-0.15, -0.1) is 0 Å². The van der Waals surface area contributed by atoms with Crippen LogP contribution in [-0.2, 0) is 0 Å². The van der Waals surface area contributed by atoms with Crippen molar-refractivity contribution in [3.63, 3.8) is 0 Å². The summed E-state index contributed by atoms with van der Waals surface area (Å²) in [7, 11) is 4.12. The number of hydrogen-bond donors (Lipinski definition) is 1. The van der Waals surface area contributed by atoms with Gasteiger partial charge in [-0.05, 0) is 40.4 Å². The van der Waals surface area contributed by atoms with Crippen molar-refractivity contribution in [3.05, 3.63) is 0 Å². The fourth-order valence-corrected chi connectivity index (χ4v) is 0.795. The molecular weight excluding hydrogens is 202 g/mol. The molecule has 4 nitrogen and oxygen atoms in total. The molecule has 0 aliphatic rings. The van der Waals surface area contributed by atoms with Gasteiger partial charge >= 0.3 is 0 Å². The van der Waals surface area contributed by atoms with E-state index in [0.29, 0.717) is 6.61 Å². The van der Waals surface area contributed by atoms with Crippen LogP contribution in [0.5, 0.6) is 0 Å². The van der Waals surface area contributed by atoms with Crippen LogP contribution in [0.3, 0.4) is 0 Å². The number of unbranched alkanes of at least 4 members (excludes halogenated alkanes) is 1. The number of aliphatic imine (C=N–C) groups is 2. The number of nitrogens with zero attached hydrogens (tertiary/aromatic N) is 3. The van der Waals surface area contributed by atoms with Crippen LogP contribution in [0.4, 0.5) is 0 Å². The fourth-order valence-electron chi connectivity index (χ4n) is 0.795. The zero-order valence-electron chi connectivity index (χ0n) is 11.2. The maximum atomic E-state index is 8.07. The Morgan fingerprint density at radius 3 is 2.19 bits per heavy atom. The second-order valence-electron chi connectivity index (χ2n) is 3.69. The summed E-state index contributed by atoms with van der Waals surface area (Å²) in [5, 5.41) is 8.07. The Morgan fingerprint density at radius 1 is 1.12 bits per heavy atom. The molecular formula is C12H27N3O. The van der Waals surface area contributed by atoms with Gasteiger partial charge in [0.2, 0.25) is 0 Å². The van der Waals surface area contributed by atoms with E-state index in [-0.39, 0.29) is 0 Å². The molecule has 0 aromatic rings. The monoisotopic (exact) mass is 229 g/mol. The van der Waals surface area contributed by atoms with Gasteiger partial charge < -0.3 is 10.0 Å². The molecule has 0 aromatic heterocycles. The molecule has 0 aromatic carbocycles. The molecule has 0 rings (SSSR count). The minimum absolute atomic E-state index is 0.344. The zero-order valence-corrected chi connectivity index (χ0v) is 11.2. The summed E-state index contributed by atoms with van der Waals surface area (Å²) in [6, 6.07) is 2.64. The first-order valence-electron chi connectivity index (χ1n) is 6.02. The van der Waals surface area contributed by atoms with Crippen LogP contribution in [0.15, 0.2) is 9.98 Å². The standard InChI is InChI=1S/C8H17N3.C4H10O/c1-4-9-8-10-6-5-7-11(2)3;1-2-3-4-5/h4-7H2,1-3H3;5H,2-4H2,1H3. The third-order valence-electron chi connectivity index (χ3n) is 1.69. The van der Waals surface area contributed by atoms with E-state index in [1.807, 2.05) is 6.92 Å². The highest BCUT2D eigenvalue weighted by Gasteiger charge is 1.86. The van der Waals surface area contributed by atoms with Crippen LogP contribution in [0.1, 0.15) is 33.1 Å². The van der Waals surface area contributed by atoms with E-state index in [2.05, 4.69) is 41.9 Å². The van der Waals surface area contributed by atoms with Crippen molar-refractivity contribution >= 4 is 6.01 Å². The second-order valence-corrected chi connectivity index (χ2v) is 3.69. The Bertz CT molecular complexity index is 173. The molecule has 0 saturated carbocycles. The lowest BCUT2D eigenvalue weighted by Crippen LogP contribution is -2.13. The molecule has 0 aliphatic carbocycles. The van der Waals surface area contributed by atoms with Gasteiger partial charge in [0.05, 0.1) is 12.6 Å². The Kier molecular flexibility index (Phi) is 18.5. The fraction of sp³-hybridized carbons (Fsp3) is 0.917. The first-order chi connectivity index (χ1) is 7.68. The normalized spacial score (nSPS) is 9.12. The summed E-state index contributed by atoms with van der Waals surface area (Å²) in [5.74, 6) is 0. The molecule has 96 valence electrons. The van der Waals surface area contributed by atoms with Gasteiger partial charge in [0.25, 0.3) is 0 Å². The number of aliphatic hydroxyl groups is 1. The van der Waals surface area contributed by atoms with Crippen molar-refractivity contribution in [2.45, 2.75) is 33.1 Å². The molecule has 0 saturated heterocycles. The predicted molar refractivity (Wildman–Crippen MR) is 70.4 cm³/mol. The second kappa shape index (κ2) is 16.7. The maximum absolute atomic E-state index is 8.07. The molecule has 0 unspecified atom stereocenters. The van der Waals surface area contributed by atoms with Crippen LogP contribution < -0.4 is 0 Å². The molecule has 1 N–H and O–H groups in total. The quantitative estimate of drug-likeness (QED) is 0.535. The number of rotatable bonds is 7. The summed E-state index contributed by atoms with van der Waals surface area (Å²) in [6.07, 6.45) is 3.12. The minimum Gasteiger partial charge on any atom is -0.396 e. The first kappa shape index (κ1) is 17.7. The molecule has 0 heterocycles. The van der Waals surface area contributed by atoms with Crippen LogP contribution in [0.25, 0.3) is 0 Å². The molecule has 0 fully saturated rings. The SMILES string of the molecule is CCCCO.CCN=C=NCCCN(C)C. The van der Waals surface area contributed by atoms with E-state index in [4.69, 9.17) is 5.11 Å². The van der Waals surface area contributed by atoms with Gasteiger partial charge in [-0.25, -0.2) is 9.98 Å². The van der Waals surface area contributed by atoms with Gasteiger partial charge in [-0.3, -0.25) is 0 Å². The van der Waals surface area contributed by atoms with E-state index in [9.17, 15) is 0 Å². The molecule has 0 bridgehead atoms. The number of aliphatic hydroxyl groups excluding tert-OH is 1. The zero-order chi connectivity index (χ0) is 12.6. The third-order valence-corrected chi connectivity index (χ3v) is 1.69. The number of hydrogen-bond acceptors (Lipinski definition) is 4. The van der Waals surface area contributed by atoms with Crippen molar-refractivity contribution in [1.29, 1.82) is 0 Å². The smallest absolute Gasteiger partial charge is 0.0892 e. The molecule has 0 atom stereocenters. The summed E-state index contributed by atoms with van der Waals surface area (Å²) in [4.78, 5) is 9.99. The lowest BCUT2D eigenvalue weighted by molar-refractivity contribution is 0.287. The van der Waals surface area contributed by atoms with E-state index in [0.717, 1.165) is 38.9 Å². The Labute approximate surface area is 100 Å². The van der Waals surface area contributed by atoms with Crippen LogP contribution in [0.2, 0.25) is 0 Å². The predicted octanol–water partition coefficient (Wildman–Crippen LogP) is 1.91. The lowest BCUT2D eigenvalue weighted by Gasteiger charge is -2.05. The van der Waals surface area contributed by atoms with E-state index < -0.39 is 0 Å². The maximum Gasteiger partial charge on any atom is 0.0892 e. The third kappa shape index (κ3) is 23.3. The van der Waals surface area contributed by atoms with Crippen molar-refractivity contribution < 1.29 is 5.11 Å². The Morgan fingerprint density at radius 2 is 1.81 bits per heavy atom. The Hall–Kier alpha value is -0.700. The van der Waals surface area contributed by atoms with E-state index in [1.165, 1.54) is 0 Å². The molecule has 16 heavy (non-hydrogen) atoms. The Balaban J connectivity index is 0. The molecule has 0 amide bonds. The van der Waals surface area contributed by atoms with Gasteiger partial charge in [-0.1, -0.05) is 13.3 Å². The van der Waals surface area contributed by atoms with Crippen molar-refractivity contribution in [2.24, 2.45) is 9.98 Å². The van der Waals surface area contributed by atoms with Crippen molar-refractivity contribution in [1.82, 2.24) is 4.90 Å². The molecule has 0 spiro atoms. The minimum atomic E-state index is 0.344. The summed E-state index contributed by atoms with van der Waals surface area (Å²) in [6.45, 7) is 7.06.